The van der Waals surface area contributed by atoms with Gasteiger partial charge < -0.3 is 9.64 Å². The van der Waals surface area contributed by atoms with Crippen molar-refractivity contribution in [2.45, 2.75) is 46.1 Å². The van der Waals surface area contributed by atoms with Crippen molar-refractivity contribution in [1.82, 2.24) is 4.90 Å². The molecule has 0 aliphatic carbocycles. The average Bonchev–Trinajstić information content (AvgIpc) is 2.25. The standard InChI is InChI=1S/C14H27NO/c1-11-5-4-7-15(9-11)10-14-13(3)12(2)6-8-16-14/h11-14H,4-10H2,1-3H3. The van der Waals surface area contributed by atoms with Crippen molar-refractivity contribution in [2.75, 3.05) is 26.2 Å². The van der Waals surface area contributed by atoms with E-state index in [0.29, 0.717) is 6.10 Å². The molecule has 2 heterocycles. The highest BCUT2D eigenvalue weighted by Crippen LogP contribution is 2.27. The molecule has 4 atom stereocenters. The van der Waals surface area contributed by atoms with Gasteiger partial charge in [-0.1, -0.05) is 20.8 Å². The van der Waals surface area contributed by atoms with Crippen LogP contribution in [0.3, 0.4) is 0 Å². The third kappa shape index (κ3) is 2.98. The van der Waals surface area contributed by atoms with E-state index in [9.17, 15) is 0 Å². The lowest BCUT2D eigenvalue weighted by Crippen LogP contribution is -2.45. The summed E-state index contributed by atoms with van der Waals surface area (Å²) in [5, 5.41) is 0. The van der Waals surface area contributed by atoms with Crippen molar-refractivity contribution in [3.63, 3.8) is 0 Å². The Balaban J connectivity index is 1.83. The van der Waals surface area contributed by atoms with Gasteiger partial charge in [0.2, 0.25) is 0 Å². The molecular weight excluding hydrogens is 198 g/mol. The SMILES string of the molecule is CC1CCCN(CC2OCCC(C)C2C)C1. The number of rotatable bonds is 2. The maximum Gasteiger partial charge on any atom is 0.0729 e. The molecule has 2 nitrogen and oxygen atoms in total. The van der Waals surface area contributed by atoms with Crippen LogP contribution in [0, 0.1) is 17.8 Å². The fourth-order valence-corrected chi connectivity index (χ4v) is 3.11. The smallest absolute Gasteiger partial charge is 0.0729 e. The van der Waals surface area contributed by atoms with Gasteiger partial charge in [-0.05, 0) is 43.6 Å². The molecule has 0 bridgehead atoms. The zero-order valence-corrected chi connectivity index (χ0v) is 11.1. The molecule has 2 fully saturated rings. The number of hydrogen-bond acceptors (Lipinski definition) is 2. The second kappa shape index (κ2) is 5.50. The second-order valence-corrected chi connectivity index (χ2v) is 6.04. The van der Waals surface area contributed by atoms with E-state index in [1.807, 2.05) is 0 Å². The lowest BCUT2D eigenvalue weighted by molar-refractivity contribution is -0.0648. The Labute approximate surface area is 100 Å². The Morgan fingerprint density at radius 1 is 1.19 bits per heavy atom. The summed E-state index contributed by atoms with van der Waals surface area (Å²) in [6, 6.07) is 0. The number of hydrogen-bond donors (Lipinski definition) is 0. The summed E-state index contributed by atoms with van der Waals surface area (Å²) in [5.41, 5.74) is 0. The molecule has 0 amide bonds. The van der Waals surface area contributed by atoms with Gasteiger partial charge in [0.25, 0.3) is 0 Å². The highest BCUT2D eigenvalue weighted by atomic mass is 16.5. The van der Waals surface area contributed by atoms with Gasteiger partial charge >= 0.3 is 0 Å². The molecule has 2 saturated heterocycles. The maximum atomic E-state index is 5.96. The minimum atomic E-state index is 0.481. The summed E-state index contributed by atoms with van der Waals surface area (Å²) >= 11 is 0. The van der Waals surface area contributed by atoms with Crippen molar-refractivity contribution in [2.24, 2.45) is 17.8 Å². The molecule has 0 aromatic heterocycles. The van der Waals surface area contributed by atoms with E-state index in [1.165, 1.54) is 32.4 Å². The average molecular weight is 225 g/mol. The van der Waals surface area contributed by atoms with Crippen LogP contribution in [0.2, 0.25) is 0 Å². The number of nitrogens with zero attached hydrogens (tertiary/aromatic N) is 1. The van der Waals surface area contributed by atoms with Crippen LogP contribution in [0.25, 0.3) is 0 Å². The molecule has 94 valence electrons. The quantitative estimate of drug-likeness (QED) is 0.716. The summed E-state index contributed by atoms with van der Waals surface area (Å²) in [6.45, 7) is 11.8. The van der Waals surface area contributed by atoms with Gasteiger partial charge in [-0.2, -0.15) is 0 Å². The molecule has 2 aliphatic heterocycles. The van der Waals surface area contributed by atoms with Crippen LogP contribution in [0.15, 0.2) is 0 Å². The first-order valence-electron chi connectivity index (χ1n) is 7.00. The van der Waals surface area contributed by atoms with Gasteiger partial charge in [-0.3, -0.25) is 0 Å². The lowest BCUT2D eigenvalue weighted by atomic mass is 9.85. The van der Waals surface area contributed by atoms with Gasteiger partial charge in [0, 0.05) is 19.7 Å². The molecule has 2 rings (SSSR count). The molecular formula is C14H27NO. The van der Waals surface area contributed by atoms with Crippen molar-refractivity contribution in [3.05, 3.63) is 0 Å². The Hall–Kier alpha value is -0.0800. The molecule has 4 unspecified atom stereocenters. The molecule has 16 heavy (non-hydrogen) atoms. The third-order valence-electron chi connectivity index (χ3n) is 4.57. The fourth-order valence-electron chi connectivity index (χ4n) is 3.11. The highest BCUT2D eigenvalue weighted by Gasteiger charge is 2.30. The zero-order valence-electron chi connectivity index (χ0n) is 11.1. The largest absolute Gasteiger partial charge is 0.377 e. The van der Waals surface area contributed by atoms with Gasteiger partial charge in [-0.25, -0.2) is 0 Å². The predicted molar refractivity (Wildman–Crippen MR) is 67.5 cm³/mol. The monoisotopic (exact) mass is 225 g/mol. The van der Waals surface area contributed by atoms with E-state index < -0.39 is 0 Å². The summed E-state index contributed by atoms with van der Waals surface area (Å²) in [7, 11) is 0. The summed E-state index contributed by atoms with van der Waals surface area (Å²) in [4.78, 5) is 2.62. The molecule has 0 saturated carbocycles. The molecule has 0 radical (unpaired) electrons. The van der Waals surface area contributed by atoms with Crippen LogP contribution < -0.4 is 0 Å². The number of likely N-dealkylation sites (tertiary alicyclic amines) is 1. The zero-order chi connectivity index (χ0) is 11.5. The van der Waals surface area contributed by atoms with Crippen molar-refractivity contribution in [3.8, 4) is 0 Å². The summed E-state index contributed by atoms with van der Waals surface area (Å²) in [5.74, 6) is 2.44. The van der Waals surface area contributed by atoms with Crippen molar-refractivity contribution < 1.29 is 4.74 Å². The van der Waals surface area contributed by atoms with E-state index in [1.54, 1.807) is 0 Å². The molecule has 2 aliphatic rings. The van der Waals surface area contributed by atoms with E-state index >= 15 is 0 Å². The van der Waals surface area contributed by atoms with Crippen LogP contribution in [0.5, 0.6) is 0 Å². The number of piperidine rings is 1. The molecule has 0 N–H and O–H groups in total. The molecule has 0 aromatic rings. The molecule has 0 aromatic carbocycles. The van der Waals surface area contributed by atoms with E-state index in [2.05, 4.69) is 25.7 Å². The van der Waals surface area contributed by atoms with E-state index in [0.717, 1.165) is 30.9 Å². The van der Waals surface area contributed by atoms with E-state index in [4.69, 9.17) is 4.74 Å². The van der Waals surface area contributed by atoms with Crippen LogP contribution in [0.4, 0.5) is 0 Å². The Kier molecular flexibility index (Phi) is 4.26. The Morgan fingerprint density at radius 2 is 2.00 bits per heavy atom. The first kappa shape index (κ1) is 12.4. The van der Waals surface area contributed by atoms with Gasteiger partial charge in [0.1, 0.15) is 0 Å². The highest BCUT2D eigenvalue weighted by molar-refractivity contribution is 4.81. The van der Waals surface area contributed by atoms with Gasteiger partial charge in [-0.15, -0.1) is 0 Å². The van der Waals surface area contributed by atoms with E-state index in [-0.39, 0.29) is 0 Å². The van der Waals surface area contributed by atoms with Gasteiger partial charge in [0.05, 0.1) is 6.10 Å². The fraction of sp³-hybridized carbons (Fsp3) is 1.00. The second-order valence-electron chi connectivity index (χ2n) is 6.04. The van der Waals surface area contributed by atoms with Crippen LogP contribution in [0.1, 0.15) is 40.0 Å². The van der Waals surface area contributed by atoms with Gasteiger partial charge in [0.15, 0.2) is 0 Å². The Bertz CT molecular complexity index is 219. The van der Waals surface area contributed by atoms with Crippen molar-refractivity contribution in [1.29, 1.82) is 0 Å². The first-order valence-corrected chi connectivity index (χ1v) is 7.00. The van der Waals surface area contributed by atoms with Crippen LogP contribution in [-0.4, -0.2) is 37.2 Å². The third-order valence-corrected chi connectivity index (χ3v) is 4.57. The minimum absolute atomic E-state index is 0.481. The minimum Gasteiger partial charge on any atom is -0.377 e. The van der Waals surface area contributed by atoms with Crippen LogP contribution in [-0.2, 0) is 4.74 Å². The summed E-state index contributed by atoms with van der Waals surface area (Å²) in [6.07, 6.45) is 4.51. The van der Waals surface area contributed by atoms with Crippen molar-refractivity contribution >= 4 is 0 Å². The predicted octanol–water partition coefficient (Wildman–Crippen LogP) is 2.78. The molecule has 2 heteroatoms. The first-order chi connectivity index (χ1) is 7.66. The normalized spacial score (nSPS) is 42.2. The topological polar surface area (TPSA) is 12.5 Å². The number of ether oxygens (including phenoxy) is 1. The summed E-state index contributed by atoms with van der Waals surface area (Å²) < 4.78 is 5.96. The lowest BCUT2D eigenvalue weighted by Gasteiger charge is -2.39. The molecule has 0 spiro atoms. The van der Waals surface area contributed by atoms with Crippen LogP contribution >= 0.6 is 0 Å². The Morgan fingerprint density at radius 3 is 2.75 bits per heavy atom. The maximum absolute atomic E-state index is 5.96.